The van der Waals surface area contributed by atoms with Crippen molar-refractivity contribution in [2.24, 2.45) is 0 Å². The molecule has 3 aromatic rings. The zero-order valence-electron chi connectivity index (χ0n) is 9.84. The monoisotopic (exact) mass is 243 g/mol. The second-order valence-electron chi connectivity index (χ2n) is 3.95. The summed E-state index contributed by atoms with van der Waals surface area (Å²) in [4.78, 5) is 0. The van der Waals surface area contributed by atoms with Gasteiger partial charge in [-0.1, -0.05) is 36.9 Å². The third kappa shape index (κ3) is 1.60. The molecule has 0 unspecified atom stereocenters. The largest absolute Gasteiger partial charge is 0.270 e. The van der Waals surface area contributed by atoms with Gasteiger partial charge in [0.25, 0.3) is 0 Å². The van der Waals surface area contributed by atoms with E-state index in [1.165, 1.54) is 16.5 Å². The van der Waals surface area contributed by atoms with Crippen molar-refractivity contribution in [2.45, 2.75) is 19.0 Å². The highest BCUT2D eigenvalue weighted by Gasteiger charge is 2.09. The van der Waals surface area contributed by atoms with Gasteiger partial charge in [0.15, 0.2) is 10.8 Å². The molecule has 0 N–H and O–H groups in total. The maximum absolute atomic E-state index is 4.25. The predicted octanol–water partition coefficient (Wildman–Crippen LogP) is 3.30. The molecule has 0 amide bonds. The van der Waals surface area contributed by atoms with E-state index in [1.54, 1.807) is 11.8 Å². The van der Waals surface area contributed by atoms with Crippen LogP contribution in [-0.4, -0.2) is 20.4 Å². The van der Waals surface area contributed by atoms with Gasteiger partial charge in [0.05, 0.1) is 5.52 Å². The number of hydrogen-bond donors (Lipinski definition) is 0. The molecule has 0 saturated carbocycles. The Balaban J connectivity index is 2.46. The number of hydrogen-bond acceptors (Lipinski definition) is 3. The van der Waals surface area contributed by atoms with Crippen LogP contribution in [0.2, 0.25) is 0 Å². The fraction of sp³-hybridized carbons (Fsp3) is 0.231. The standard InChI is InChI=1S/C13H13N3S/c1-3-17-13-15-14-12-8-9(2)10-6-4-5-7-11(10)16(12)13/h4-8H,3H2,1-2H3. The predicted molar refractivity (Wildman–Crippen MR) is 71.6 cm³/mol. The number of para-hydroxylation sites is 1. The summed E-state index contributed by atoms with van der Waals surface area (Å²) in [7, 11) is 0. The second-order valence-corrected chi connectivity index (χ2v) is 5.18. The van der Waals surface area contributed by atoms with Crippen LogP contribution in [0.3, 0.4) is 0 Å². The second kappa shape index (κ2) is 4.04. The van der Waals surface area contributed by atoms with Crippen molar-refractivity contribution >= 4 is 28.3 Å². The molecule has 2 heterocycles. The van der Waals surface area contributed by atoms with Crippen LogP contribution < -0.4 is 0 Å². The Labute approximate surface area is 104 Å². The Morgan fingerprint density at radius 2 is 2.06 bits per heavy atom. The van der Waals surface area contributed by atoms with Crippen molar-refractivity contribution in [3.05, 3.63) is 35.9 Å². The lowest BCUT2D eigenvalue weighted by molar-refractivity contribution is 0.941. The summed E-state index contributed by atoms with van der Waals surface area (Å²) in [6, 6.07) is 10.5. The molecule has 0 spiro atoms. The quantitative estimate of drug-likeness (QED) is 0.647. The van der Waals surface area contributed by atoms with Crippen LogP contribution in [0.1, 0.15) is 12.5 Å². The van der Waals surface area contributed by atoms with Crippen LogP contribution in [0, 0.1) is 6.92 Å². The van der Waals surface area contributed by atoms with Crippen molar-refractivity contribution in [1.29, 1.82) is 0 Å². The minimum Gasteiger partial charge on any atom is -0.270 e. The highest BCUT2D eigenvalue weighted by molar-refractivity contribution is 7.99. The third-order valence-corrected chi connectivity index (χ3v) is 3.66. The average Bonchev–Trinajstić information content (AvgIpc) is 2.73. The number of fused-ring (bicyclic) bond motifs is 3. The van der Waals surface area contributed by atoms with Crippen LogP contribution in [-0.2, 0) is 0 Å². The lowest BCUT2D eigenvalue weighted by Crippen LogP contribution is -1.92. The maximum atomic E-state index is 4.25. The number of nitrogens with zero attached hydrogens (tertiary/aromatic N) is 3. The lowest BCUT2D eigenvalue weighted by Gasteiger charge is -2.06. The summed E-state index contributed by atoms with van der Waals surface area (Å²) in [5, 5.41) is 10.7. The van der Waals surface area contributed by atoms with Crippen LogP contribution in [0.5, 0.6) is 0 Å². The molecule has 0 aliphatic heterocycles. The number of benzene rings is 1. The molecule has 3 rings (SSSR count). The highest BCUT2D eigenvalue weighted by Crippen LogP contribution is 2.25. The molecule has 86 valence electrons. The van der Waals surface area contributed by atoms with Gasteiger partial charge >= 0.3 is 0 Å². The Hall–Kier alpha value is -1.55. The number of aromatic nitrogens is 3. The summed E-state index contributed by atoms with van der Waals surface area (Å²) < 4.78 is 2.14. The van der Waals surface area contributed by atoms with Crippen molar-refractivity contribution in [3.8, 4) is 0 Å². The number of rotatable bonds is 2. The van der Waals surface area contributed by atoms with E-state index in [9.17, 15) is 0 Å². The van der Waals surface area contributed by atoms with E-state index >= 15 is 0 Å². The van der Waals surface area contributed by atoms with Crippen LogP contribution in [0.25, 0.3) is 16.6 Å². The van der Waals surface area contributed by atoms with Crippen LogP contribution in [0.4, 0.5) is 0 Å². The number of thioether (sulfide) groups is 1. The molecule has 0 atom stereocenters. The molecule has 0 saturated heterocycles. The molecule has 2 aromatic heterocycles. The summed E-state index contributed by atoms with van der Waals surface area (Å²) in [5.41, 5.74) is 3.36. The van der Waals surface area contributed by atoms with E-state index in [4.69, 9.17) is 0 Å². The summed E-state index contributed by atoms with van der Waals surface area (Å²) >= 11 is 1.72. The van der Waals surface area contributed by atoms with Gasteiger partial charge in [0.1, 0.15) is 0 Å². The maximum Gasteiger partial charge on any atom is 0.196 e. The number of aryl methyl sites for hydroxylation is 1. The Morgan fingerprint density at radius 1 is 1.24 bits per heavy atom. The summed E-state index contributed by atoms with van der Waals surface area (Å²) in [6.07, 6.45) is 0. The first-order chi connectivity index (χ1) is 8.31. The van der Waals surface area contributed by atoms with Crippen molar-refractivity contribution in [3.63, 3.8) is 0 Å². The first-order valence-corrected chi connectivity index (χ1v) is 6.66. The third-order valence-electron chi connectivity index (χ3n) is 2.85. The molecule has 0 aliphatic carbocycles. The van der Waals surface area contributed by atoms with Gasteiger partial charge in [0.2, 0.25) is 0 Å². The smallest absolute Gasteiger partial charge is 0.196 e. The minimum absolute atomic E-state index is 0.928. The fourth-order valence-electron chi connectivity index (χ4n) is 2.10. The van der Waals surface area contributed by atoms with Crippen molar-refractivity contribution < 1.29 is 0 Å². The number of pyridine rings is 1. The molecule has 1 aromatic carbocycles. The van der Waals surface area contributed by atoms with E-state index in [-0.39, 0.29) is 0 Å². The van der Waals surface area contributed by atoms with Gasteiger partial charge in [-0.3, -0.25) is 4.40 Å². The van der Waals surface area contributed by atoms with E-state index < -0.39 is 0 Å². The SMILES string of the molecule is CCSc1nnc2cc(C)c3ccccc3n12. The molecule has 17 heavy (non-hydrogen) atoms. The van der Waals surface area contributed by atoms with Crippen molar-refractivity contribution in [2.75, 3.05) is 5.75 Å². The van der Waals surface area contributed by atoms with E-state index in [0.29, 0.717) is 0 Å². The van der Waals surface area contributed by atoms with E-state index in [2.05, 4.69) is 58.8 Å². The molecular formula is C13H13N3S. The lowest BCUT2D eigenvalue weighted by atomic mass is 10.1. The van der Waals surface area contributed by atoms with Gasteiger partial charge in [0, 0.05) is 5.39 Å². The van der Waals surface area contributed by atoms with Gasteiger partial charge in [-0.25, -0.2) is 0 Å². The van der Waals surface area contributed by atoms with Gasteiger partial charge in [-0.15, -0.1) is 10.2 Å². The highest BCUT2D eigenvalue weighted by atomic mass is 32.2. The first-order valence-electron chi connectivity index (χ1n) is 5.67. The topological polar surface area (TPSA) is 30.2 Å². The Morgan fingerprint density at radius 3 is 2.88 bits per heavy atom. The van der Waals surface area contributed by atoms with Crippen LogP contribution >= 0.6 is 11.8 Å². The molecule has 3 nitrogen and oxygen atoms in total. The minimum atomic E-state index is 0.928. The summed E-state index contributed by atoms with van der Waals surface area (Å²) in [5.74, 6) is 1.00. The Bertz CT molecular complexity index is 688. The Kier molecular flexibility index (Phi) is 2.52. The van der Waals surface area contributed by atoms with Gasteiger partial charge in [-0.2, -0.15) is 0 Å². The molecule has 0 aliphatic rings. The van der Waals surface area contributed by atoms with Crippen LogP contribution in [0.15, 0.2) is 35.5 Å². The molecule has 4 heteroatoms. The van der Waals surface area contributed by atoms with Gasteiger partial charge in [-0.05, 0) is 30.4 Å². The normalized spacial score (nSPS) is 11.4. The van der Waals surface area contributed by atoms with E-state index in [0.717, 1.165) is 16.6 Å². The fourth-order valence-corrected chi connectivity index (χ4v) is 2.78. The molecule has 0 radical (unpaired) electrons. The molecule has 0 fully saturated rings. The van der Waals surface area contributed by atoms with Crippen molar-refractivity contribution in [1.82, 2.24) is 14.6 Å². The van der Waals surface area contributed by atoms with Gasteiger partial charge < -0.3 is 0 Å². The zero-order chi connectivity index (χ0) is 11.8. The zero-order valence-corrected chi connectivity index (χ0v) is 10.7. The first kappa shape index (κ1) is 10.6. The summed E-state index contributed by atoms with van der Waals surface area (Å²) in [6.45, 7) is 4.24. The van der Waals surface area contributed by atoms with E-state index in [1.807, 2.05) is 0 Å². The molecular weight excluding hydrogens is 230 g/mol. The average molecular weight is 243 g/mol. The molecule has 0 bridgehead atoms.